The Bertz CT molecular complexity index is 802. The summed E-state index contributed by atoms with van der Waals surface area (Å²) in [5, 5.41) is 4.30. The third-order valence-corrected chi connectivity index (χ3v) is 3.87. The van der Waals surface area contributed by atoms with Gasteiger partial charge in [0.05, 0.1) is 5.52 Å². The first-order chi connectivity index (χ1) is 10.1. The van der Waals surface area contributed by atoms with Crippen molar-refractivity contribution in [1.29, 1.82) is 0 Å². The van der Waals surface area contributed by atoms with Gasteiger partial charge >= 0.3 is 0 Å². The number of fused-ring (bicyclic) bond motifs is 1. The Hall–Kier alpha value is -2.42. The molecule has 1 aromatic heterocycles. The van der Waals surface area contributed by atoms with Crippen LogP contribution >= 0.6 is 0 Å². The topological polar surface area (TPSA) is 37.8 Å². The van der Waals surface area contributed by atoms with E-state index >= 15 is 0 Å². The van der Waals surface area contributed by atoms with Crippen LogP contribution in [0.3, 0.4) is 0 Å². The quantitative estimate of drug-likeness (QED) is 0.760. The average Bonchev–Trinajstić information content (AvgIpc) is 2.46. The molecule has 106 valence electrons. The number of nitrogens with one attached hydrogen (secondary N) is 1. The van der Waals surface area contributed by atoms with Gasteiger partial charge in [0.2, 0.25) is 0 Å². The molecule has 0 unspecified atom stereocenters. The molecular formula is C18H19N3. The molecular weight excluding hydrogens is 258 g/mol. The molecule has 0 aliphatic heterocycles. The van der Waals surface area contributed by atoms with Crippen molar-refractivity contribution in [1.82, 2.24) is 9.97 Å². The summed E-state index contributed by atoms with van der Waals surface area (Å²) < 4.78 is 0. The minimum absolute atomic E-state index is 0.785. The Morgan fingerprint density at radius 2 is 1.43 bits per heavy atom. The molecule has 3 nitrogen and oxygen atoms in total. The van der Waals surface area contributed by atoms with Gasteiger partial charge in [0, 0.05) is 18.0 Å². The first-order valence-electron chi connectivity index (χ1n) is 7.13. The predicted octanol–water partition coefficient (Wildman–Crippen LogP) is 4.26. The fraction of sp³-hybridized carbons (Fsp3) is 0.222. The smallest absolute Gasteiger partial charge is 0.162 e. The molecule has 2 aromatic carbocycles. The van der Waals surface area contributed by atoms with Crippen LogP contribution in [0.15, 0.2) is 36.4 Å². The summed E-state index contributed by atoms with van der Waals surface area (Å²) >= 11 is 0. The molecule has 0 radical (unpaired) electrons. The van der Waals surface area contributed by atoms with Crippen LogP contribution in [0.2, 0.25) is 0 Å². The number of aryl methyl sites for hydroxylation is 3. The maximum atomic E-state index is 4.79. The van der Waals surface area contributed by atoms with Crippen LogP contribution in [0.25, 0.3) is 22.3 Å². The second-order valence-corrected chi connectivity index (χ2v) is 5.38. The highest BCUT2D eigenvalue weighted by Crippen LogP contribution is 2.30. The highest BCUT2D eigenvalue weighted by Gasteiger charge is 2.13. The Morgan fingerprint density at radius 3 is 2.10 bits per heavy atom. The summed E-state index contributed by atoms with van der Waals surface area (Å²) in [6.07, 6.45) is 0. The zero-order valence-electron chi connectivity index (χ0n) is 12.9. The molecule has 21 heavy (non-hydrogen) atoms. The van der Waals surface area contributed by atoms with Crippen molar-refractivity contribution >= 4 is 16.7 Å². The molecule has 0 spiro atoms. The number of hydrogen-bond acceptors (Lipinski definition) is 3. The first kappa shape index (κ1) is 13.6. The highest BCUT2D eigenvalue weighted by atomic mass is 15.0. The minimum atomic E-state index is 0.785. The van der Waals surface area contributed by atoms with E-state index in [4.69, 9.17) is 9.97 Å². The first-order valence-corrected chi connectivity index (χ1v) is 7.13. The summed E-state index contributed by atoms with van der Waals surface area (Å²) in [5.74, 6) is 1.67. The van der Waals surface area contributed by atoms with Crippen LogP contribution in [0, 0.1) is 20.8 Å². The molecule has 1 heterocycles. The largest absolute Gasteiger partial charge is 0.373 e. The fourth-order valence-corrected chi connectivity index (χ4v) is 2.81. The molecule has 0 amide bonds. The van der Waals surface area contributed by atoms with E-state index in [1.165, 1.54) is 16.7 Å². The van der Waals surface area contributed by atoms with Gasteiger partial charge in [-0.15, -0.1) is 0 Å². The van der Waals surface area contributed by atoms with Crippen LogP contribution in [0.5, 0.6) is 0 Å². The molecule has 0 saturated carbocycles. The van der Waals surface area contributed by atoms with Gasteiger partial charge in [-0.1, -0.05) is 30.3 Å². The monoisotopic (exact) mass is 277 g/mol. The Balaban J connectivity index is 2.35. The lowest BCUT2D eigenvalue weighted by atomic mass is 10.0. The molecule has 3 heteroatoms. The van der Waals surface area contributed by atoms with Gasteiger partial charge in [-0.2, -0.15) is 0 Å². The van der Waals surface area contributed by atoms with Crippen molar-refractivity contribution in [2.75, 3.05) is 12.4 Å². The SMILES string of the molecule is CNc1nc(-c2c(C)cccc2C)nc2cccc(C)c12. The van der Waals surface area contributed by atoms with Gasteiger partial charge in [-0.05, 0) is 43.5 Å². The second-order valence-electron chi connectivity index (χ2n) is 5.38. The predicted molar refractivity (Wildman–Crippen MR) is 88.7 cm³/mol. The second kappa shape index (κ2) is 5.17. The Morgan fingerprint density at radius 1 is 0.810 bits per heavy atom. The van der Waals surface area contributed by atoms with Gasteiger partial charge < -0.3 is 5.32 Å². The van der Waals surface area contributed by atoms with Gasteiger partial charge in [-0.25, -0.2) is 9.97 Å². The lowest BCUT2D eigenvalue weighted by Gasteiger charge is -2.13. The van der Waals surface area contributed by atoms with Crippen molar-refractivity contribution in [3.8, 4) is 11.4 Å². The number of benzene rings is 2. The van der Waals surface area contributed by atoms with E-state index < -0.39 is 0 Å². The van der Waals surface area contributed by atoms with E-state index in [-0.39, 0.29) is 0 Å². The maximum Gasteiger partial charge on any atom is 0.162 e. The molecule has 0 saturated heterocycles. The van der Waals surface area contributed by atoms with Crippen molar-refractivity contribution in [2.24, 2.45) is 0 Å². The van der Waals surface area contributed by atoms with E-state index in [2.05, 4.69) is 50.4 Å². The minimum Gasteiger partial charge on any atom is -0.373 e. The lowest BCUT2D eigenvalue weighted by molar-refractivity contribution is 1.19. The normalized spacial score (nSPS) is 10.9. The van der Waals surface area contributed by atoms with Crippen molar-refractivity contribution < 1.29 is 0 Å². The third-order valence-electron chi connectivity index (χ3n) is 3.87. The molecule has 3 aromatic rings. The van der Waals surface area contributed by atoms with E-state index in [9.17, 15) is 0 Å². The molecule has 0 aliphatic rings. The van der Waals surface area contributed by atoms with E-state index in [1.807, 2.05) is 19.2 Å². The summed E-state index contributed by atoms with van der Waals surface area (Å²) in [6, 6.07) is 12.4. The van der Waals surface area contributed by atoms with Gasteiger partial charge in [0.15, 0.2) is 5.82 Å². The lowest BCUT2D eigenvalue weighted by Crippen LogP contribution is -2.01. The molecule has 0 bridgehead atoms. The number of aromatic nitrogens is 2. The average molecular weight is 277 g/mol. The number of rotatable bonds is 2. The van der Waals surface area contributed by atoms with Crippen LogP contribution in [0.1, 0.15) is 16.7 Å². The molecule has 0 aliphatic carbocycles. The zero-order valence-corrected chi connectivity index (χ0v) is 12.9. The van der Waals surface area contributed by atoms with Crippen molar-refractivity contribution in [3.05, 3.63) is 53.1 Å². The van der Waals surface area contributed by atoms with Crippen LogP contribution in [-0.4, -0.2) is 17.0 Å². The summed E-state index contributed by atoms with van der Waals surface area (Å²) in [6.45, 7) is 6.29. The summed E-state index contributed by atoms with van der Waals surface area (Å²) in [7, 11) is 1.91. The number of nitrogens with zero attached hydrogens (tertiary/aromatic N) is 2. The number of anilines is 1. The van der Waals surface area contributed by atoms with Crippen LogP contribution in [-0.2, 0) is 0 Å². The van der Waals surface area contributed by atoms with E-state index in [0.29, 0.717) is 0 Å². The molecule has 0 fully saturated rings. The van der Waals surface area contributed by atoms with Gasteiger partial charge in [0.25, 0.3) is 0 Å². The maximum absolute atomic E-state index is 4.79. The highest BCUT2D eigenvalue weighted by molar-refractivity contribution is 5.93. The molecule has 3 rings (SSSR count). The fourth-order valence-electron chi connectivity index (χ4n) is 2.81. The summed E-state index contributed by atoms with van der Waals surface area (Å²) in [5.41, 5.74) is 5.68. The van der Waals surface area contributed by atoms with E-state index in [1.54, 1.807) is 0 Å². The van der Waals surface area contributed by atoms with Crippen molar-refractivity contribution in [2.45, 2.75) is 20.8 Å². The standard InChI is InChI=1S/C18H19N3/c1-11-7-5-8-12(2)15(11)18-20-14-10-6-9-13(3)16(14)17(19-4)21-18/h5-10H,1-4H3,(H,19,20,21). The van der Waals surface area contributed by atoms with Crippen molar-refractivity contribution in [3.63, 3.8) is 0 Å². The van der Waals surface area contributed by atoms with E-state index in [0.717, 1.165) is 28.1 Å². The Kier molecular flexibility index (Phi) is 3.34. The van der Waals surface area contributed by atoms with Gasteiger partial charge in [-0.3, -0.25) is 0 Å². The summed E-state index contributed by atoms with van der Waals surface area (Å²) in [4.78, 5) is 9.54. The van der Waals surface area contributed by atoms with Gasteiger partial charge in [0.1, 0.15) is 5.82 Å². The van der Waals surface area contributed by atoms with Crippen LogP contribution < -0.4 is 5.32 Å². The van der Waals surface area contributed by atoms with Crippen LogP contribution in [0.4, 0.5) is 5.82 Å². The number of hydrogen-bond donors (Lipinski definition) is 1. The molecule has 1 N–H and O–H groups in total. The molecule has 0 atom stereocenters. The Labute approximate surface area is 125 Å². The third kappa shape index (κ3) is 2.25. The zero-order chi connectivity index (χ0) is 15.0.